The monoisotopic (exact) mass is 356 g/mol. The molecule has 0 atom stereocenters. The van der Waals surface area contributed by atoms with Crippen LogP contribution in [0.5, 0.6) is 0 Å². The lowest BCUT2D eigenvalue weighted by Crippen LogP contribution is -2.13. The van der Waals surface area contributed by atoms with Gasteiger partial charge in [-0.15, -0.1) is 5.10 Å². The number of benzene rings is 2. The van der Waals surface area contributed by atoms with Gasteiger partial charge in [-0.25, -0.2) is 14.6 Å². The Bertz CT molecular complexity index is 1030. The summed E-state index contributed by atoms with van der Waals surface area (Å²) in [6, 6.07) is 19.5. The normalized spacial score (nSPS) is 10.5. The molecule has 7 nitrogen and oxygen atoms in total. The van der Waals surface area contributed by atoms with Gasteiger partial charge in [0, 0.05) is 5.56 Å². The predicted molar refractivity (Wildman–Crippen MR) is 101 cm³/mol. The average molecular weight is 356 g/mol. The fourth-order valence-corrected chi connectivity index (χ4v) is 2.57. The highest BCUT2D eigenvalue weighted by molar-refractivity contribution is 6.02. The van der Waals surface area contributed by atoms with E-state index >= 15 is 0 Å². The second kappa shape index (κ2) is 7.57. The first-order valence-electron chi connectivity index (χ1n) is 8.41. The van der Waals surface area contributed by atoms with Crippen molar-refractivity contribution in [1.29, 1.82) is 0 Å². The first kappa shape index (κ1) is 16.6. The van der Waals surface area contributed by atoms with E-state index in [1.165, 1.54) is 0 Å². The third kappa shape index (κ3) is 4.04. The molecule has 0 saturated carbocycles. The average Bonchev–Trinajstić information content (AvgIpc) is 3.19. The highest BCUT2D eigenvalue weighted by Crippen LogP contribution is 2.15. The molecule has 0 saturated heterocycles. The summed E-state index contributed by atoms with van der Waals surface area (Å²) in [6.45, 7) is 0.552. The minimum atomic E-state index is -0.356. The van der Waals surface area contributed by atoms with Crippen LogP contribution in [-0.4, -0.2) is 30.9 Å². The molecular weight excluding hydrogens is 340 g/mol. The van der Waals surface area contributed by atoms with E-state index in [0.29, 0.717) is 18.1 Å². The lowest BCUT2D eigenvalue weighted by Gasteiger charge is -2.04. The van der Waals surface area contributed by atoms with E-state index in [2.05, 4.69) is 25.6 Å². The first-order chi connectivity index (χ1) is 13.3. The van der Waals surface area contributed by atoms with Crippen LogP contribution in [0.2, 0.25) is 0 Å². The molecule has 132 valence electrons. The molecule has 0 aliphatic heterocycles. The molecule has 4 rings (SSSR count). The molecule has 4 aromatic rings. The number of carbonyl (C=O) groups excluding carboxylic acids is 1. The number of nitrogens with one attached hydrogen (secondary N) is 1. The Labute approximate surface area is 155 Å². The van der Waals surface area contributed by atoms with Gasteiger partial charge in [0.05, 0.1) is 30.8 Å². The summed E-state index contributed by atoms with van der Waals surface area (Å²) in [5.41, 5.74) is 2.73. The Balaban J connectivity index is 1.42. The maximum absolute atomic E-state index is 12.4. The van der Waals surface area contributed by atoms with Crippen molar-refractivity contribution >= 4 is 11.6 Å². The van der Waals surface area contributed by atoms with Gasteiger partial charge in [0.15, 0.2) is 11.5 Å². The van der Waals surface area contributed by atoms with Gasteiger partial charge < -0.3 is 5.32 Å². The summed E-state index contributed by atoms with van der Waals surface area (Å²) in [4.78, 5) is 20.9. The van der Waals surface area contributed by atoms with E-state index < -0.39 is 0 Å². The third-order valence-corrected chi connectivity index (χ3v) is 3.90. The SMILES string of the molecule is O=C(Nc1cnc(-c2ccccc2)nc1)c1cn(Cc2ccccc2)nn1. The van der Waals surface area contributed by atoms with Crippen molar-refractivity contribution in [2.45, 2.75) is 6.54 Å². The number of anilines is 1. The molecule has 7 heteroatoms. The second-order valence-electron chi connectivity index (χ2n) is 5.90. The highest BCUT2D eigenvalue weighted by atomic mass is 16.2. The van der Waals surface area contributed by atoms with Crippen LogP contribution in [0.3, 0.4) is 0 Å². The number of amides is 1. The molecule has 0 radical (unpaired) electrons. The summed E-state index contributed by atoms with van der Waals surface area (Å²) in [5.74, 6) is 0.243. The van der Waals surface area contributed by atoms with Crippen molar-refractivity contribution in [1.82, 2.24) is 25.0 Å². The Kier molecular flexibility index (Phi) is 4.65. The molecule has 2 aromatic carbocycles. The fourth-order valence-electron chi connectivity index (χ4n) is 2.57. The zero-order valence-electron chi connectivity index (χ0n) is 14.4. The second-order valence-corrected chi connectivity index (χ2v) is 5.90. The molecule has 27 heavy (non-hydrogen) atoms. The Hall–Kier alpha value is -3.87. The van der Waals surface area contributed by atoms with Crippen LogP contribution in [0, 0.1) is 0 Å². The van der Waals surface area contributed by atoms with Crippen LogP contribution < -0.4 is 5.32 Å². The summed E-state index contributed by atoms with van der Waals surface area (Å²) < 4.78 is 1.62. The van der Waals surface area contributed by atoms with Crippen LogP contribution in [0.4, 0.5) is 5.69 Å². The minimum absolute atomic E-state index is 0.234. The Morgan fingerprint density at radius 1 is 0.926 bits per heavy atom. The van der Waals surface area contributed by atoms with Gasteiger partial charge in [0.1, 0.15) is 0 Å². The first-order valence-corrected chi connectivity index (χ1v) is 8.41. The maximum atomic E-state index is 12.4. The quantitative estimate of drug-likeness (QED) is 0.594. The largest absolute Gasteiger partial charge is 0.318 e. The van der Waals surface area contributed by atoms with Crippen LogP contribution in [-0.2, 0) is 6.54 Å². The smallest absolute Gasteiger partial charge is 0.277 e. The van der Waals surface area contributed by atoms with Crippen molar-refractivity contribution in [3.8, 4) is 11.4 Å². The molecule has 2 heterocycles. The number of rotatable bonds is 5. The van der Waals surface area contributed by atoms with Crippen LogP contribution in [0.1, 0.15) is 16.1 Å². The summed E-state index contributed by atoms with van der Waals surface area (Å²) >= 11 is 0. The molecule has 0 aliphatic carbocycles. The Morgan fingerprint density at radius 3 is 2.30 bits per heavy atom. The summed E-state index contributed by atoms with van der Waals surface area (Å²) in [7, 11) is 0. The summed E-state index contributed by atoms with van der Waals surface area (Å²) in [6.07, 6.45) is 4.75. The van der Waals surface area contributed by atoms with Crippen molar-refractivity contribution < 1.29 is 4.79 Å². The number of aromatic nitrogens is 5. The molecule has 0 spiro atoms. The number of hydrogen-bond donors (Lipinski definition) is 1. The van der Waals surface area contributed by atoms with Crippen molar-refractivity contribution in [3.05, 3.63) is 90.5 Å². The molecule has 0 unspecified atom stereocenters. The number of carbonyl (C=O) groups is 1. The summed E-state index contributed by atoms with van der Waals surface area (Å²) in [5, 5.41) is 10.7. The van der Waals surface area contributed by atoms with Gasteiger partial charge in [-0.2, -0.15) is 0 Å². The van der Waals surface area contributed by atoms with Crippen molar-refractivity contribution in [2.75, 3.05) is 5.32 Å². The highest BCUT2D eigenvalue weighted by Gasteiger charge is 2.12. The lowest BCUT2D eigenvalue weighted by molar-refractivity contribution is 0.102. The molecule has 0 aliphatic rings. The zero-order chi connectivity index (χ0) is 18.5. The van der Waals surface area contributed by atoms with Crippen molar-refractivity contribution in [2.24, 2.45) is 0 Å². The predicted octanol–water partition coefficient (Wildman–Crippen LogP) is 3.04. The van der Waals surface area contributed by atoms with Gasteiger partial charge in [-0.05, 0) is 5.56 Å². The topological polar surface area (TPSA) is 85.6 Å². The molecule has 1 amide bonds. The van der Waals surface area contributed by atoms with E-state index in [0.717, 1.165) is 11.1 Å². The van der Waals surface area contributed by atoms with Gasteiger partial charge in [-0.3, -0.25) is 4.79 Å². The molecule has 0 bridgehead atoms. The van der Waals surface area contributed by atoms with Gasteiger partial charge >= 0.3 is 0 Å². The molecule has 0 fully saturated rings. The van der Waals surface area contributed by atoms with Crippen LogP contribution in [0.15, 0.2) is 79.3 Å². The van der Waals surface area contributed by atoms with Gasteiger partial charge in [-0.1, -0.05) is 65.9 Å². The van der Waals surface area contributed by atoms with E-state index in [1.54, 1.807) is 23.3 Å². The Morgan fingerprint density at radius 2 is 1.59 bits per heavy atom. The van der Waals surface area contributed by atoms with Crippen LogP contribution in [0.25, 0.3) is 11.4 Å². The van der Waals surface area contributed by atoms with E-state index in [1.807, 2.05) is 60.7 Å². The van der Waals surface area contributed by atoms with Crippen LogP contribution >= 0.6 is 0 Å². The van der Waals surface area contributed by atoms with Gasteiger partial charge in [0.25, 0.3) is 5.91 Å². The fraction of sp³-hybridized carbons (Fsp3) is 0.0500. The number of nitrogens with zero attached hydrogens (tertiary/aromatic N) is 5. The molecule has 2 aromatic heterocycles. The number of hydrogen-bond acceptors (Lipinski definition) is 5. The van der Waals surface area contributed by atoms with E-state index in [9.17, 15) is 4.79 Å². The van der Waals surface area contributed by atoms with E-state index in [4.69, 9.17) is 0 Å². The standard InChI is InChI=1S/C20H16N6O/c27-20(18-14-26(25-24-18)13-15-7-3-1-4-8-15)23-17-11-21-19(22-12-17)16-9-5-2-6-10-16/h1-12,14H,13H2,(H,23,27). The third-order valence-electron chi connectivity index (χ3n) is 3.90. The lowest BCUT2D eigenvalue weighted by atomic mass is 10.2. The minimum Gasteiger partial charge on any atom is -0.318 e. The van der Waals surface area contributed by atoms with E-state index in [-0.39, 0.29) is 11.6 Å². The molecular formula is C20H16N6O. The van der Waals surface area contributed by atoms with Gasteiger partial charge in [0.2, 0.25) is 0 Å². The zero-order valence-corrected chi connectivity index (χ0v) is 14.4. The van der Waals surface area contributed by atoms with Crippen molar-refractivity contribution in [3.63, 3.8) is 0 Å². The molecule has 1 N–H and O–H groups in total. The maximum Gasteiger partial charge on any atom is 0.277 e.